The monoisotopic (exact) mass is 308 g/mol. The molecule has 0 aromatic heterocycles. The average Bonchev–Trinajstić information content (AvgIpc) is 2.50. The van der Waals surface area contributed by atoms with Gasteiger partial charge >= 0.3 is 0 Å². The molecule has 8 nitrogen and oxygen atoms in total. The Labute approximate surface area is 128 Å². The fourth-order valence-electron chi connectivity index (χ4n) is 2.24. The summed E-state index contributed by atoms with van der Waals surface area (Å²) in [5.74, 6) is 1.46. The Bertz CT molecular complexity index is 592. The van der Waals surface area contributed by atoms with Gasteiger partial charge in [0.05, 0.1) is 21.3 Å². The first-order chi connectivity index (χ1) is 10.4. The Morgan fingerprint density at radius 2 is 1.77 bits per heavy atom. The van der Waals surface area contributed by atoms with Gasteiger partial charge in [0, 0.05) is 12.6 Å². The molecule has 0 saturated heterocycles. The average molecular weight is 308 g/mol. The molecule has 8 heteroatoms. The van der Waals surface area contributed by atoms with Crippen molar-refractivity contribution >= 4 is 12.1 Å². The molecule has 0 amide bonds. The van der Waals surface area contributed by atoms with Crippen molar-refractivity contribution in [2.75, 3.05) is 21.3 Å². The molecule has 1 aliphatic heterocycles. The number of hydrogen-bond donors (Lipinski definition) is 3. The van der Waals surface area contributed by atoms with Crippen LogP contribution < -0.4 is 25.7 Å². The lowest BCUT2D eigenvalue weighted by Crippen LogP contribution is -2.51. The summed E-state index contributed by atoms with van der Waals surface area (Å²) in [6.07, 6.45) is 0.679. The molecule has 22 heavy (non-hydrogen) atoms. The highest BCUT2D eigenvalue weighted by Crippen LogP contribution is 2.39. The molecule has 2 unspecified atom stereocenters. The molecule has 1 aromatic rings. The molecule has 1 aliphatic rings. The van der Waals surface area contributed by atoms with Gasteiger partial charge in [0.15, 0.2) is 23.4 Å². The number of aliphatic imine (C=N–C) groups is 2. The van der Waals surface area contributed by atoms with Gasteiger partial charge < -0.3 is 25.1 Å². The molecule has 1 heterocycles. The number of ether oxygens (including phenoxy) is 3. The normalized spacial score (nSPS) is 23.9. The second-order valence-electron chi connectivity index (χ2n) is 4.84. The zero-order chi connectivity index (χ0) is 16.3. The summed E-state index contributed by atoms with van der Waals surface area (Å²) in [5.41, 5.74) is 10.5. The summed E-state index contributed by atoms with van der Waals surface area (Å²) in [4.78, 5) is 7.78. The predicted molar refractivity (Wildman–Crippen MR) is 82.8 cm³/mol. The van der Waals surface area contributed by atoms with E-state index >= 15 is 0 Å². The van der Waals surface area contributed by atoms with Crippen molar-refractivity contribution in [3.05, 3.63) is 17.7 Å². The van der Waals surface area contributed by atoms with E-state index in [2.05, 4.69) is 9.98 Å². The van der Waals surface area contributed by atoms with Crippen LogP contribution in [0.4, 0.5) is 0 Å². The maximum absolute atomic E-state index is 10.6. The van der Waals surface area contributed by atoms with Gasteiger partial charge in [0.1, 0.15) is 5.84 Å². The quantitative estimate of drug-likeness (QED) is 0.684. The van der Waals surface area contributed by atoms with Gasteiger partial charge in [0.25, 0.3) is 0 Å². The van der Waals surface area contributed by atoms with Crippen molar-refractivity contribution in [2.24, 2.45) is 21.5 Å². The summed E-state index contributed by atoms with van der Waals surface area (Å²) in [6.45, 7) is 0. The lowest BCUT2D eigenvalue weighted by Gasteiger charge is -2.27. The van der Waals surface area contributed by atoms with Gasteiger partial charge in [-0.3, -0.25) is 10.7 Å². The molecule has 2 atom stereocenters. The Morgan fingerprint density at radius 3 is 2.23 bits per heavy atom. The zero-order valence-electron chi connectivity index (χ0n) is 12.7. The molecule has 1 aromatic carbocycles. The van der Waals surface area contributed by atoms with E-state index in [1.54, 1.807) is 12.1 Å². The predicted octanol–water partition coefficient (Wildman–Crippen LogP) is -0.330. The fourth-order valence-corrected chi connectivity index (χ4v) is 2.24. The molecular weight excluding hydrogens is 288 g/mol. The van der Waals surface area contributed by atoms with Gasteiger partial charge in [-0.15, -0.1) is 0 Å². The van der Waals surface area contributed by atoms with Gasteiger partial charge in [-0.2, -0.15) is 0 Å². The third-order valence-corrected chi connectivity index (χ3v) is 3.35. The minimum absolute atomic E-state index is 0.0174. The van der Waals surface area contributed by atoms with Crippen molar-refractivity contribution in [1.29, 1.82) is 0 Å². The standard InChI is InChI=1S/C14H20N4O4/c1-20-9-4-8(5-10(21-2)11(9)22-3)6-14(19)7-17-13(16)18-12(14)15/h4-5,7,13,19H,6,16H2,1-3H3,(H2,15,18). The number of amidine groups is 1. The van der Waals surface area contributed by atoms with Crippen LogP contribution in [0.3, 0.4) is 0 Å². The van der Waals surface area contributed by atoms with E-state index in [0.29, 0.717) is 17.2 Å². The number of methoxy groups -OCH3 is 3. The SMILES string of the molecule is COc1cc(CC2(O)C=NC(N)N=C2N)cc(OC)c1OC. The zero-order valence-corrected chi connectivity index (χ0v) is 12.7. The van der Waals surface area contributed by atoms with Crippen LogP contribution in [-0.2, 0) is 6.42 Å². The molecule has 0 fully saturated rings. The van der Waals surface area contributed by atoms with Crippen molar-refractivity contribution in [2.45, 2.75) is 18.3 Å². The van der Waals surface area contributed by atoms with Crippen LogP contribution in [0.2, 0.25) is 0 Å². The summed E-state index contributed by atoms with van der Waals surface area (Å²) in [7, 11) is 4.56. The van der Waals surface area contributed by atoms with E-state index in [0.717, 1.165) is 5.56 Å². The molecule has 0 saturated carbocycles. The van der Waals surface area contributed by atoms with Crippen LogP contribution in [0.1, 0.15) is 5.56 Å². The van der Waals surface area contributed by atoms with Gasteiger partial charge in [-0.25, -0.2) is 4.99 Å². The van der Waals surface area contributed by atoms with E-state index in [9.17, 15) is 5.11 Å². The minimum Gasteiger partial charge on any atom is -0.493 e. The molecular formula is C14H20N4O4. The van der Waals surface area contributed by atoms with Crippen LogP contribution in [0, 0.1) is 0 Å². The van der Waals surface area contributed by atoms with Gasteiger partial charge in [-0.05, 0) is 17.7 Å². The van der Waals surface area contributed by atoms with Crippen molar-refractivity contribution in [3.8, 4) is 17.2 Å². The molecule has 0 spiro atoms. The first kappa shape index (κ1) is 16.1. The molecule has 120 valence electrons. The lowest BCUT2D eigenvalue weighted by atomic mass is 9.93. The number of benzene rings is 1. The largest absolute Gasteiger partial charge is 0.493 e. The summed E-state index contributed by atoms with van der Waals surface area (Å²) in [5, 5.41) is 10.6. The van der Waals surface area contributed by atoms with E-state index in [1.165, 1.54) is 27.5 Å². The summed E-state index contributed by atoms with van der Waals surface area (Å²) in [6, 6.07) is 3.46. The van der Waals surface area contributed by atoms with Gasteiger partial charge in [-0.1, -0.05) is 0 Å². The summed E-state index contributed by atoms with van der Waals surface area (Å²) < 4.78 is 15.8. The van der Waals surface area contributed by atoms with E-state index in [4.69, 9.17) is 25.7 Å². The van der Waals surface area contributed by atoms with Crippen LogP contribution in [0.15, 0.2) is 22.1 Å². The second-order valence-corrected chi connectivity index (χ2v) is 4.84. The highest BCUT2D eigenvalue weighted by molar-refractivity contribution is 6.05. The molecule has 0 bridgehead atoms. The van der Waals surface area contributed by atoms with Crippen molar-refractivity contribution in [3.63, 3.8) is 0 Å². The summed E-state index contributed by atoms with van der Waals surface area (Å²) >= 11 is 0. The van der Waals surface area contributed by atoms with Crippen LogP contribution >= 0.6 is 0 Å². The maximum atomic E-state index is 10.6. The number of aliphatic hydroxyl groups is 1. The number of hydrogen-bond acceptors (Lipinski definition) is 8. The molecule has 0 aliphatic carbocycles. The molecule has 5 N–H and O–H groups in total. The van der Waals surface area contributed by atoms with Crippen LogP contribution in [-0.4, -0.2) is 50.4 Å². The topological polar surface area (TPSA) is 125 Å². The van der Waals surface area contributed by atoms with Gasteiger partial charge in [0.2, 0.25) is 5.75 Å². The number of nitrogens with zero attached hydrogens (tertiary/aromatic N) is 2. The molecule has 0 radical (unpaired) electrons. The third kappa shape index (κ3) is 2.97. The van der Waals surface area contributed by atoms with Crippen molar-refractivity contribution < 1.29 is 19.3 Å². The Hall–Kier alpha value is -2.32. The molecule has 2 rings (SSSR count). The second kappa shape index (κ2) is 6.20. The highest BCUT2D eigenvalue weighted by Gasteiger charge is 2.34. The van der Waals surface area contributed by atoms with Crippen LogP contribution in [0.25, 0.3) is 0 Å². The first-order valence-corrected chi connectivity index (χ1v) is 6.58. The number of nitrogens with two attached hydrogens (primary N) is 2. The minimum atomic E-state index is -1.50. The maximum Gasteiger partial charge on any atom is 0.203 e. The van der Waals surface area contributed by atoms with E-state index in [1.807, 2.05) is 0 Å². The Morgan fingerprint density at radius 1 is 1.18 bits per heavy atom. The third-order valence-electron chi connectivity index (χ3n) is 3.35. The lowest BCUT2D eigenvalue weighted by molar-refractivity contribution is 0.183. The fraction of sp³-hybridized carbons (Fsp3) is 0.429. The van der Waals surface area contributed by atoms with Crippen molar-refractivity contribution in [1.82, 2.24) is 0 Å². The van der Waals surface area contributed by atoms with E-state index in [-0.39, 0.29) is 12.3 Å². The smallest absolute Gasteiger partial charge is 0.203 e. The van der Waals surface area contributed by atoms with Crippen LogP contribution in [0.5, 0.6) is 17.2 Å². The highest BCUT2D eigenvalue weighted by atomic mass is 16.5. The Kier molecular flexibility index (Phi) is 4.53. The van der Waals surface area contributed by atoms with E-state index < -0.39 is 11.9 Å². The first-order valence-electron chi connectivity index (χ1n) is 6.58. The number of rotatable bonds is 5. The Balaban J connectivity index is 2.38.